The SMILES string of the molecule is Cc1cc(C)n(-c2cncc(NCCc3ccccc3)n2)n1. The van der Waals surface area contributed by atoms with E-state index in [9.17, 15) is 0 Å². The third-order valence-electron chi connectivity index (χ3n) is 3.41. The van der Waals surface area contributed by atoms with Crippen LogP contribution in [0.25, 0.3) is 5.82 Å². The molecule has 22 heavy (non-hydrogen) atoms. The number of aryl methyl sites for hydroxylation is 2. The van der Waals surface area contributed by atoms with Crippen molar-refractivity contribution < 1.29 is 0 Å². The van der Waals surface area contributed by atoms with Crippen LogP contribution in [0.2, 0.25) is 0 Å². The fourth-order valence-corrected chi connectivity index (χ4v) is 2.38. The third kappa shape index (κ3) is 3.31. The lowest BCUT2D eigenvalue weighted by Gasteiger charge is -2.08. The molecule has 3 rings (SSSR count). The zero-order valence-electron chi connectivity index (χ0n) is 12.8. The average molecular weight is 293 g/mol. The monoisotopic (exact) mass is 293 g/mol. The Morgan fingerprint density at radius 3 is 2.64 bits per heavy atom. The van der Waals surface area contributed by atoms with Crippen molar-refractivity contribution in [3.8, 4) is 5.82 Å². The Bertz CT molecular complexity index is 749. The number of rotatable bonds is 5. The molecular weight excluding hydrogens is 274 g/mol. The topological polar surface area (TPSA) is 55.6 Å². The van der Waals surface area contributed by atoms with Crippen LogP contribution in [0.1, 0.15) is 17.0 Å². The minimum Gasteiger partial charge on any atom is -0.368 e. The van der Waals surface area contributed by atoms with Gasteiger partial charge in [0.2, 0.25) is 0 Å². The second kappa shape index (κ2) is 6.39. The van der Waals surface area contributed by atoms with E-state index in [-0.39, 0.29) is 0 Å². The van der Waals surface area contributed by atoms with Gasteiger partial charge in [-0.25, -0.2) is 9.67 Å². The van der Waals surface area contributed by atoms with E-state index in [1.807, 2.05) is 30.7 Å². The van der Waals surface area contributed by atoms with Crippen LogP contribution in [-0.2, 0) is 6.42 Å². The van der Waals surface area contributed by atoms with Gasteiger partial charge in [-0.3, -0.25) is 4.98 Å². The number of hydrogen-bond acceptors (Lipinski definition) is 4. The van der Waals surface area contributed by atoms with Gasteiger partial charge in [-0.1, -0.05) is 30.3 Å². The summed E-state index contributed by atoms with van der Waals surface area (Å²) in [6.45, 7) is 4.80. The van der Waals surface area contributed by atoms with E-state index >= 15 is 0 Å². The van der Waals surface area contributed by atoms with Gasteiger partial charge in [0.25, 0.3) is 0 Å². The lowest BCUT2D eigenvalue weighted by molar-refractivity contribution is 0.799. The molecule has 0 bridgehead atoms. The molecule has 112 valence electrons. The Labute approximate surface area is 130 Å². The maximum Gasteiger partial charge on any atom is 0.174 e. The highest BCUT2D eigenvalue weighted by Gasteiger charge is 2.06. The summed E-state index contributed by atoms with van der Waals surface area (Å²) >= 11 is 0. The second-order valence-corrected chi connectivity index (χ2v) is 5.26. The summed E-state index contributed by atoms with van der Waals surface area (Å²) in [5, 5.41) is 7.75. The first kappa shape index (κ1) is 14.3. The van der Waals surface area contributed by atoms with Crippen molar-refractivity contribution in [3.05, 3.63) is 65.7 Å². The van der Waals surface area contributed by atoms with Crippen LogP contribution < -0.4 is 5.32 Å². The van der Waals surface area contributed by atoms with Crippen molar-refractivity contribution >= 4 is 5.82 Å². The van der Waals surface area contributed by atoms with Crippen LogP contribution in [-0.4, -0.2) is 26.3 Å². The quantitative estimate of drug-likeness (QED) is 0.786. The minimum atomic E-state index is 0.732. The van der Waals surface area contributed by atoms with Gasteiger partial charge >= 0.3 is 0 Å². The van der Waals surface area contributed by atoms with Crippen LogP contribution in [0.4, 0.5) is 5.82 Å². The summed E-state index contributed by atoms with van der Waals surface area (Å²) in [7, 11) is 0. The predicted molar refractivity (Wildman–Crippen MR) is 87.3 cm³/mol. The first-order chi connectivity index (χ1) is 10.7. The molecular formula is C17H19N5. The smallest absolute Gasteiger partial charge is 0.174 e. The summed E-state index contributed by atoms with van der Waals surface area (Å²) in [4.78, 5) is 8.83. The second-order valence-electron chi connectivity index (χ2n) is 5.26. The standard InChI is InChI=1S/C17H19N5/c1-13-10-14(2)22(21-13)17-12-18-11-16(20-17)19-9-8-15-6-4-3-5-7-15/h3-7,10-12H,8-9H2,1-2H3,(H,19,20). The molecule has 0 unspecified atom stereocenters. The Morgan fingerprint density at radius 2 is 1.91 bits per heavy atom. The molecule has 0 aliphatic rings. The van der Waals surface area contributed by atoms with Crippen molar-refractivity contribution in [2.24, 2.45) is 0 Å². The van der Waals surface area contributed by atoms with Crippen molar-refractivity contribution in [1.29, 1.82) is 0 Å². The Hall–Kier alpha value is -2.69. The number of anilines is 1. The molecule has 0 saturated heterocycles. The van der Waals surface area contributed by atoms with E-state index in [1.54, 1.807) is 12.4 Å². The predicted octanol–water partition coefficient (Wildman–Crippen LogP) is 2.93. The fourth-order valence-electron chi connectivity index (χ4n) is 2.38. The van der Waals surface area contributed by atoms with Gasteiger partial charge < -0.3 is 5.32 Å². The van der Waals surface area contributed by atoms with Gasteiger partial charge in [-0.2, -0.15) is 5.10 Å². The molecule has 0 saturated carbocycles. The lowest BCUT2D eigenvalue weighted by Crippen LogP contribution is -2.09. The molecule has 0 radical (unpaired) electrons. The van der Waals surface area contributed by atoms with Gasteiger partial charge in [0.1, 0.15) is 5.82 Å². The molecule has 0 atom stereocenters. The van der Waals surface area contributed by atoms with Crippen LogP contribution in [0.15, 0.2) is 48.8 Å². The molecule has 0 aliphatic carbocycles. The zero-order chi connectivity index (χ0) is 15.4. The summed E-state index contributed by atoms with van der Waals surface area (Å²) < 4.78 is 1.81. The first-order valence-electron chi connectivity index (χ1n) is 7.36. The summed E-state index contributed by atoms with van der Waals surface area (Å²) in [6.07, 6.45) is 4.41. The summed E-state index contributed by atoms with van der Waals surface area (Å²) in [6, 6.07) is 12.4. The van der Waals surface area contributed by atoms with E-state index in [2.05, 4.69) is 44.6 Å². The van der Waals surface area contributed by atoms with Crippen LogP contribution in [0.3, 0.4) is 0 Å². The van der Waals surface area contributed by atoms with E-state index in [0.29, 0.717) is 0 Å². The van der Waals surface area contributed by atoms with E-state index in [4.69, 9.17) is 0 Å². The van der Waals surface area contributed by atoms with E-state index < -0.39 is 0 Å². The lowest BCUT2D eigenvalue weighted by atomic mass is 10.1. The molecule has 1 N–H and O–H groups in total. The molecule has 2 aromatic heterocycles. The largest absolute Gasteiger partial charge is 0.368 e. The van der Waals surface area contributed by atoms with Crippen molar-refractivity contribution in [1.82, 2.24) is 19.7 Å². The summed E-state index contributed by atoms with van der Waals surface area (Å²) in [5.41, 5.74) is 3.33. The van der Waals surface area contributed by atoms with Gasteiger partial charge in [-0.05, 0) is 31.9 Å². The van der Waals surface area contributed by atoms with Gasteiger partial charge in [-0.15, -0.1) is 0 Å². The van der Waals surface area contributed by atoms with Crippen molar-refractivity contribution in [3.63, 3.8) is 0 Å². The Balaban J connectivity index is 1.68. The molecule has 2 heterocycles. The number of hydrogen-bond donors (Lipinski definition) is 1. The minimum absolute atomic E-state index is 0.732. The van der Waals surface area contributed by atoms with Gasteiger partial charge in [0, 0.05) is 12.2 Å². The normalized spacial score (nSPS) is 10.6. The van der Waals surface area contributed by atoms with Crippen LogP contribution >= 0.6 is 0 Å². The molecule has 0 spiro atoms. The fraction of sp³-hybridized carbons (Fsp3) is 0.235. The highest BCUT2D eigenvalue weighted by Crippen LogP contribution is 2.11. The number of aromatic nitrogens is 4. The maximum absolute atomic E-state index is 4.58. The molecule has 5 nitrogen and oxygen atoms in total. The molecule has 3 aromatic rings. The first-order valence-corrected chi connectivity index (χ1v) is 7.36. The van der Waals surface area contributed by atoms with Gasteiger partial charge in [0.15, 0.2) is 5.82 Å². The van der Waals surface area contributed by atoms with Crippen LogP contribution in [0.5, 0.6) is 0 Å². The number of benzene rings is 1. The average Bonchev–Trinajstić information content (AvgIpc) is 2.87. The molecule has 5 heteroatoms. The third-order valence-corrected chi connectivity index (χ3v) is 3.41. The summed E-state index contributed by atoms with van der Waals surface area (Å²) in [5.74, 6) is 1.50. The van der Waals surface area contributed by atoms with Crippen molar-refractivity contribution in [2.45, 2.75) is 20.3 Å². The van der Waals surface area contributed by atoms with E-state index in [1.165, 1.54) is 5.56 Å². The van der Waals surface area contributed by atoms with Crippen molar-refractivity contribution in [2.75, 3.05) is 11.9 Å². The Kier molecular flexibility index (Phi) is 4.14. The number of nitrogens with zero attached hydrogens (tertiary/aromatic N) is 4. The molecule has 1 aromatic carbocycles. The Morgan fingerprint density at radius 1 is 1.09 bits per heavy atom. The van der Waals surface area contributed by atoms with Crippen LogP contribution in [0, 0.1) is 13.8 Å². The highest BCUT2D eigenvalue weighted by molar-refractivity contribution is 5.36. The highest BCUT2D eigenvalue weighted by atomic mass is 15.3. The molecule has 0 amide bonds. The zero-order valence-corrected chi connectivity index (χ0v) is 12.8. The number of nitrogens with one attached hydrogen (secondary N) is 1. The van der Waals surface area contributed by atoms with E-state index in [0.717, 1.165) is 36.0 Å². The van der Waals surface area contributed by atoms with Gasteiger partial charge in [0.05, 0.1) is 18.1 Å². The molecule has 0 fully saturated rings. The maximum atomic E-state index is 4.58. The molecule has 0 aliphatic heterocycles.